The van der Waals surface area contributed by atoms with Crippen molar-refractivity contribution in [1.82, 2.24) is 0 Å². The molecular formula is C12H15NO. The molecule has 1 rings (SSSR count). The smallest absolute Gasteiger partial charge is 0.154 e. The van der Waals surface area contributed by atoms with Gasteiger partial charge in [-0.05, 0) is 39.0 Å². The fourth-order valence-corrected chi connectivity index (χ4v) is 1.21. The van der Waals surface area contributed by atoms with Gasteiger partial charge in [0.2, 0.25) is 0 Å². The second-order valence-corrected chi connectivity index (χ2v) is 3.43. The van der Waals surface area contributed by atoms with Gasteiger partial charge in [0.1, 0.15) is 0 Å². The third kappa shape index (κ3) is 3.44. The van der Waals surface area contributed by atoms with Crippen molar-refractivity contribution < 1.29 is 4.79 Å². The average Bonchev–Trinajstić information content (AvgIpc) is 2.07. The van der Waals surface area contributed by atoms with E-state index in [2.05, 4.69) is 5.32 Å². The van der Waals surface area contributed by atoms with Crippen molar-refractivity contribution in [2.75, 3.05) is 5.32 Å². The lowest BCUT2D eigenvalue weighted by molar-refractivity contribution is -0.112. The van der Waals surface area contributed by atoms with E-state index in [0.29, 0.717) is 0 Å². The van der Waals surface area contributed by atoms with E-state index >= 15 is 0 Å². The van der Waals surface area contributed by atoms with Crippen LogP contribution in [0.1, 0.15) is 19.4 Å². The van der Waals surface area contributed by atoms with Crippen LogP contribution in [0, 0.1) is 6.92 Å². The first-order valence-corrected chi connectivity index (χ1v) is 4.60. The quantitative estimate of drug-likeness (QED) is 0.741. The summed E-state index contributed by atoms with van der Waals surface area (Å²) in [6, 6.07) is 8.05. The van der Waals surface area contributed by atoms with E-state index in [9.17, 15) is 4.79 Å². The summed E-state index contributed by atoms with van der Waals surface area (Å²) >= 11 is 0. The van der Waals surface area contributed by atoms with Crippen LogP contribution in [-0.2, 0) is 4.79 Å². The van der Waals surface area contributed by atoms with Crippen molar-refractivity contribution in [2.24, 2.45) is 0 Å². The van der Waals surface area contributed by atoms with E-state index in [1.807, 2.05) is 38.1 Å². The highest BCUT2D eigenvalue weighted by molar-refractivity contribution is 5.88. The number of rotatable bonds is 3. The molecule has 1 aromatic rings. The zero-order valence-electron chi connectivity index (χ0n) is 8.79. The van der Waals surface area contributed by atoms with Crippen LogP contribution in [0.15, 0.2) is 36.0 Å². The molecule has 2 nitrogen and oxygen atoms in total. The summed E-state index contributed by atoms with van der Waals surface area (Å²) in [4.78, 5) is 10.8. The molecule has 14 heavy (non-hydrogen) atoms. The number of allylic oxidation sites excluding steroid dienone is 2. The molecule has 0 saturated heterocycles. The van der Waals surface area contributed by atoms with Crippen molar-refractivity contribution in [2.45, 2.75) is 20.8 Å². The summed E-state index contributed by atoms with van der Waals surface area (Å²) in [7, 11) is 0. The van der Waals surface area contributed by atoms with Gasteiger partial charge in [-0.1, -0.05) is 17.7 Å². The van der Waals surface area contributed by atoms with Gasteiger partial charge in [-0.15, -0.1) is 0 Å². The molecule has 0 amide bonds. The second kappa shape index (κ2) is 4.61. The van der Waals surface area contributed by atoms with Gasteiger partial charge in [0.15, 0.2) is 5.78 Å². The molecule has 0 aliphatic heterocycles. The van der Waals surface area contributed by atoms with E-state index in [4.69, 9.17) is 0 Å². The van der Waals surface area contributed by atoms with Gasteiger partial charge in [-0.2, -0.15) is 0 Å². The van der Waals surface area contributed by atoms with Crippen LogP contribution < -0.4 is 5.32 Å². The third-order valence-electron chi connectivity index (χ3n) is 1.81. The average molecular weight is 189 g/mol. The van der Waals surface area contributed by atoms with E-state index < -0.39 is 0 Å². The first-order valence-electron chi connectivity index (χ1n) is 4.60. The molecule has 0 aliphatic rings. The zero-order valence-corrected chi connectivity index (χ0v) is 8.79. The van der Waals surface area contributed by atoms with Gasteiger partial charge < -0.3 is 5.32 Å². The summed E-state index contributed by atoms with van der Waals surface area (Å²) in [5.41, 5.74) is 3.09. The number of nitrogens with one attached hydrogen (secondary N) is 1. The Morgan fingerprint density at radius 2 is 1.79 bits per heavy atom. The number of anilines is 1. The number of aryl methyl sites for hydroxylation is 1. The molecule has 0 aromatic heterocycles. The Hall–Kier alpha value is -1.57. The van der Waals surface area contributed by atoms with Crippen molar-refractivity contribution in [1.29, 1.82) is 0 Å². The van der Waals surface area contributed by atoms with E-state index in [1.165, 1.54) is 5.56 Å². The van der Waals surface area contributed by atoms with Crippen molar-refractivity contribution >= 4 is 11.5 Å². The highest BCUT2D eigenvalue weighted by Gasteiger charge is 1.93. The highest BCUT2D eigenvalue weighted by Crippen LogP contribution is 2.10. The third-order valence-corrected chi connectivity index (χ3v) is 1.81. The lowest BCUT2D eigenvalue weighted by atomic mass is 10.2. The number of hydrogen-bond donors (Lipinski definition) is 1. The Morgan fingerprint density at radius 1 is 1.21 bits per heavy atom. The Kier molecular flexibility index (Phi) is 3.46. The Balaban J connectivity index is 2.69. The highest BCUT2D eigenvalue weighted by atomic mass is 16.1. The SMILES string of the molecule is CC(=O)C=C(C)Nc1ccc(C)cc1. The molecule has 1 N–H and O–H groups in total. The van der Waals surface area contributed by atoms with Crippen molar-refractivity contribution in [3.8, 4) is 0 Å². The van der Waals surface area contributed by atoms with Crippen LogP contribution >= 0.6 is 0 Å². The van der Waals surface area contributed by atoms with Crippen LogP contribution in [0.3, 0.4) is 0 Å². The Labute approximate surface area is 84.6 Å². The molecule has 1 aromatic carbocycles. The minimum atomic E-state index is 0.0575. The van der Waals surface area contributed by atoms with Crippen molar-refractivity contribution in [3.05, 3.63) is 41.6 Å². The molecule has 0 heterocycles. The normalized spacial score (nSPS) is 11.2. The van der Waals surface area contributed by atoms with E-state index in [0.717, 1.165) is 11.4 Å². The molecular weight excluding hydrogens is 174 g/mol. The molecule has 0 bridgehead atoms. The van der Waals surface area contributed by atoms with E-state index in [1.54, 1.807) is 13.0 Å². The van der Waals surface area contributed by atoms with Gasteiger partial charge in [-0.3, -0.25) is 4.79 Å². The predicted octanol–water partition coefficient (Wildman–Crippen LogP) is 2.90. The fourth-order valence-electron chi connectivity index (χ4n) is 1.21. The summed E-state index contributed by atoms with van der Waals surface area (Å²) < 4.78 is 0. The summed E-state index contributed by atoms with van der Waals surface area (Å²) in [5, 5.41) is 3.14. The number of carbonyl (C=O) groups is 1. The zero-order chi connectivity index (χ0) is 10.6. The monoisotopic (exact) mass is 189 g/mol. The largest absolute Gasteiger partial charge is 0.359 e. The van der Waals surface area contributed by atoms with Gasteiger partial charge in [0, 0.05) is 11.4 Å². The topological polar surface area (TPSA) is 29.1 Å². The van der Waals surface area contributed by atoms with Crippen LogP contribution in [0.5, 0.6) is 0 Å². The molecule has 0 spiro atoms. The van der Waals surface area contributed by atoms with Crippen LogP contribution in [0.25, 0.3) is 0 Å². The lowest BCUT2D eigenvalue weighted by Crippen LogP contribution is -1.97. The molecule has 0 saturated carbocycles. The predicted molar refractivity (Wildman–Crippen MR) is 59.2 cm³/mol. The molecule has 0 atom stereocenters. The first-order chi connectivity index (χ1) is 6.58. The van der Waals surface area contributed by atoms with Gasteiger partial charge in [0.25, 0.3) is 0 Å². The number of carbonyl (C=O) groups excluding carboxylic acids is 1. The molecule has 0 aliphatic carbocycles. The van der Waals surface area contributed by atoms with Crippen LogP contribution in [0.4, 0.5) is 5.69 Å². The summed E-state index contributed by atoms with van der Waals surface area (Å²) in [6.07, 6.45) is 1.58. The second-order valence-electron chi connectivity index (χ2n) is 3.43. The summed E-state index contributed by atoms with van der Waals surface area (Å²) in [5.74, 6) is 0.0575. The Bertz CT molecular complexity index is 349. The molecule has 0 radical (unpaired) electrons. The van der Waals surface area contributed by atoms with E-state index in [-0.39, 0.29) is 5.78 Å². The van der Waals surface area contributed by atoms with Gasteiger partial charge in [-0.25, -0.2) is 0 Å². The van der Waals surface area contributed by atoms with Crippen LogP contribution in [0.2, 0.25) is 0 Å². The first kappa shape index (κ1) is 10.5. The summed E-state index contributed by atoms with van der Waals surface area (Å²) in [6.45, 7) is 5.46. The fraction of sp³-hybridized carbons (Fsp3) is 0.250. The van der Waals surface area contributed by atoms with Gasteiger partial charge >= 0.3 is 0 Å². The van der Waals surface area contributed by atoms with Crippen molar-refractivity contribution in [3.63, 3.8) is 0 Å². The molecule has 2 heteroatoms. The lowest BCUT2D eigenvalue weighted by Gasteiger charge is -2.05. The number of ketones is 1. The maximum Gasteiger partial charge on any atom is 0.154 e. The maximum atomic E-state index is 10.8. The maximum absolute atomic E-state index is 10.8. The number of hydrogen-bond acceptors (Lipinski definition) is 2. The molecule has 0 fully saturated rings. The van der Waals surface area contributed by atoms with Crippen LogP contribution in [-0.4, -0.2) is 5.78 Å². The minimum absolute atomic E-state index is 0.0575. The molecule has 0 unspecified atom stereocenters. The number of benzene rings is 1. The standard InChI is InChI=1S/C12H15NO/c1-9-4-6-12(7-5-9)13-10(2)8-11(3)14/h4-8,13H,1-3H3. The molecule has 74 valence electrons. The minimum Gasteiger partial charge on any atom is -0.359 e. The Morgan fingerprint density at radius 3 is 2.29 bits per heavy atom. The van der Waals surface area contributed by atoms with Gasteiger partial charge in [0.05, 0.1) is 0 Å².